The molecule has 0 aromatic carbocycles. The molecule has 0 unspecified atom stereocenters. The molecule has 2 aliphatic rings. The molecule has 4 N–H and O–H groups in total. The van der Waals surface area contributed by atoms with E-state index in [2.05, 4.69) is 30.3 Å². The Labute approximate surface area is 209 Å². The molecule has 15 heteroatoms. The summed E-state index contributed by atoms with van der Waals surface area (Å²) >= 11 is 0. The zero-order valence-corrected chi connectivity index (χ0v) is 20.7. The molecule has 1 fully saturated rings. The number of carboxylic acid groups (broad SMARTS) is 1. The number of thiol groups is 1. The number of aliphatic imine (C=N–C) groups is 1. The lowest BCUT2D eigenvalue weighted by molar-refractivity contribution is -0.0139. The molecule has 2 atom stereocenters. The van der Waals surface area contributed by atoms with Crippen LogP contribution >= 0.6 is 0 Å². The van der Waals surface area contributed by atoms with Crippen molar-refractivity contribution in [2.75, 3.05) is 11.9 Å². The average molecular weight is 545 g/mol. The average Bonchev–Trinajstić information content (AvgIpc) is 2.80. The van der Waals surface area contributed by atoms with Gasteiger partial charge in [0.15, 0.2) is 0 Å². The van der Waals surface area contributed by atoms with E-state index in [9.17, 15) is 32.1 Å². The van der Waals surface area contributed by atoms with E-state index >= 15 is 4.39 Å². The lowest BCUT2D eigenvalue weighted by Crippen LogP contribution is -2.73. The third-order valence-corrected chi connectivity index (χ3v) is 10.7. The second-order valence-electron chi connectivity index (χ2n) is 9.51. The fourth-order valence-corrected chi connectivity index (χ4v) is 8.31. The highest BCUT2D eigenvalue weighted by atomic mass is 32.3. The van der Waals surface area contributed by atoms with E-state index in [0.717, 1.165) is 30.5 Å². The Kier molecular flexibility index (Phi) is 6.35. The minimum Gasteiger partial charge on any atom is -0.465 e. The molecule has 2 aromatic heterocycles. The highest BCUT2D eigenvalue weighted by Crippen LogP contribution is 2.50. The first-order valence-electron chi connectivity index (χ1n) is 11.0. The van der Waals surface area contributed by atoms with Crippen molar-refractivity contribution in [1.29, 1.82) is 0 Å². The number of carbonyl (C=O) groups excluding carboxylic acids is 1. The molecule has 0 saturated carbocycles. The Hall–Kier alpha value is -3.46. The molecule has 2 amide bonds. The highest BCUT2D eigenvalue weighted by Gasteiger charge is 2.62. The molecule has 2 aliphatic heterocycles. The van der Waals surface area contributed by atoms with E-state index in [1.807, 2.05) is 0 Å². The van der Waals surface area contributed by atoms with Crippen LogP contribution in [0.4, 0.5) is 28.2 Å². The Bertz CT molecular complexity index is 1350. The van der Waals surface area contributed by atoms with Crippen LogP contribution in [0.3, 0.4) is 0 Å². The van der Waals surface area contributed by atoms with Gasteiger partial charge in [-0.05, 0) is 55.2 Å². The zero-order chi connectivity index (χ0) is 27.4. The quantitative estimate of drug-likeness (QED) is 0.297. The van der Waals surface area contributed by atoms with Gasteiger partial charge in [0.05, 0.1) is 22.7 Å². The van der Waals surface area contributed by atoms with Crippen molar-refractivity contribution in [3.63, 3.8) is 0 Å². The summed E-state index contributed by atoms with van der Waals surface area (Å²) in [7, 11) is -3.94. The van der Waals surface area contributed by atoms with Gasteiger partial charge in [0.25, 0.3) is 11.8 Å². The third kappa shape index (κ3) is 4.56. The summed E-state index contributed by atoms with van der Waals surface area (Å²) in [6, 6.07) is 4.14. The van der Waals surface area contributed by atoms with Crippen molar-refractivity contribution >= 4 is 33.8 Å². The summed E-state index contributed by atoms with van der Waals surface area (Å²) < 4.78 is 72.7. The van der Waals surface area contributed by atoms with Gasteiger partial charge in [-0.15, -0.1) is 0 Å². The van der Waals surface area contributed by atoms with Gasteiger partial charge in [0, 0.05) is 6.42 Å². The first kappa shape index (κ1) is 26.6. The molecule has 200 valence electrons. The van der Waals surface area contributed by atoms with E-state index in [4.69, 9.17) is 0 Å². The Morgan fingerprint density at radius 2 is 1.84 bits per heavy atom. The van der Waals surface area contributed by atoms with Gasteiger partial charge in [-0.2, -0.15) is 0 Å². The molecule has 4 heterocycles. The number of hydrogen-bond donors (Lipinski definition) is 5. The molecular weight excluding hydrogens is 520 g/mol. The van der Waals surface area contributed by atoms with Gasteiger partial charge in [0.1, 0.15) is 40.2 Å². The zero-order valence-electron chi connectivity index (χ0n) is 19.9. The van der Waals surface area contributed by atoms with Crippen molar-refractivity contribution < 1.29 is 36.5 Å². The number of halogens is 4. The number of carbonyl (C=O) groups is 2. The van der Waals surface area contributed by atoms with Gasteiger partial charge in [-0.1, -0.05) is 0 Å². The van der Waals surface area contributed by atoms with Gasteiger partial charge >= 0.3 is 6.09 Å². The predicted molar refractivity (Wildman–Crippen MR) is 127 cm³/mol. The van der Waals surface area contributed by atoms with Crippen molar-refractivity contribution in [2.24, 2.45) is 4.99 Å². The molecule has 10 nitrogen and oxygen atoms in total. The number of amides is 2. The number of pyridine rings is 2. The topological polar surface area (TPSA) is 146 Å². The maximum atomic E-state index is 15.2. The van der Waals surface area contributed by atoms with E-state index in [0.29, 0.717) is 0 Å². The van der Waals surface area contributed by atoms with Crippen LogP contribution in [0.1, 0.15) is 43.4 Å². The van der Waals surface area contributed by atoms with Crippen LogP contribution in [-0.4, -0.2) is 59.6 Å². The number of nitrogens with zero attached hydrogens (tertiary/aromatic N) is 3. The Balaban J connectivity index is 1.84. The minimum absolute atomic E-state index is 0.175. The lowest BCUT2D eigenvalue weighted by atomic mass is 9.88. The van der Waals surface area contributed by atoms with Crippen molar-refractivity contribution in [3.05, 3.63) is 53.5 Å². The van der Waals surface area contributed by atoms with Crippen LogP contribution in [0.2, 0.25) is 0 Å². The monoisotopic (exact) mass is 544 g/mol. The smallest absolute Gasteiger partial charge is 0.410 e. The molecule has 37 heavy (non-hydrogen) atoms. The molecule has 0 aliphatic carbocycles. The SMILES string of the molecule is CC1(C)C(NC(=O)O)=N[C@](C)(c2nc(NC(=O)c3ccc(F)cn3)ccc2F)[C@H]2CC(F)(F)CN[SH]21=O. The summed E-state index contributed by atoms with van der Waals surface area (Å²) in [5.74, 6) is -6.33. The number of hydrogen-bond acceptors (Lipinski definition) is 6. The lowest BCUT2D eigenvalue weighted by Gasteiger charge is -2.57. The van der Waals surface area contributed by atoms with Crippen LogP contribution in [0.5, 0.6) is 0 Å². The number of rotatable bonds is 3. The highest BCUT2D eigenvalue weighted by molar-refractivity contribution is 8.04. The van der Waals surface area contributed by atoms with Crippen molar-refractivity contribution in [2.45, 2.75) is 48.7 Å². The van der Waals surface area contributed by atoms with Crippen molar-refractivity contribution in [1.82, 2.24) is 20.0 Å². The maximum Gasteiger partial charge on any atom is 0.410 e. The molecular formula is C22H24F4N6O4S. The molecule has 4 rings (SSSR count). The summed E-state index contributed by atoms with van der Waals surface area (Å²) in [4.78, 5) is 36.1. The number of fused-ring (bicyclic) bond motifs is 1. The third-order valence-electron chi connectivity index (χ3n) is 6.66. The Morgan fingerprint density at radius 1 is 1.14 bits per heavy atom. The molecule has 2 aromatic rings. The van der Waals surface area contributed by atoms with Crippen LogP contribution < -0.4 is 15.4 Å². The molecule has 0 radical (unpaired) electrons. The standard InChI is InChI=1S/C22H24F4N6O4S/c1-20(2)18(31-19(34)35)32-21(3,14-8-22(25,26)10-28-37(14,20)36)16-12(24)5-7-15(29-16)30-17(33)13-6-4-11(23)9-27-13/h4-7,9,14,37H,8,10H2,1-3H3,(H,28,36)(H,31,32)(H,34,35)(H,29,30,33)/t14-,21+/m1/s1. The van der Waals surface area contributed by atoms with Gasteiger partial charge < -0.3 is 10.4 Å². The first-order valence-corrected chi connectivity index (χ1v) is 12.8. The van der Waals surface area contributed by atoms with E-state index in [1.165, 1.54) is 20.8 Å². The Morgan fingerprint density at radius 3 is 2.46 bits per heavy atom. The van der Waals surface area contributed by atoms with E-state index in [1.54, 1.807) is 0 Å². The number of alkyl halides is 2. The second-order valence-corrected chi connectivity index (χ2v) is 12.9. The normalized spacial score (nSPS) is 26.2. The van der Waals surface area contributed by atoms with E-state index < -0.39 is 73.9 Å². The van der Waals surface area contributed by atoms with Gasteiger partial charge in [0.2, 0.25) is 0 Å². The van der Waals surface area contributed by atoms with Crippen LogP contribution in [0, 0.1) is 11.6 Å². The van der Waals surface area contributed by atoms with Gasteiger partial charge in [-0.3, -0.25) is 24.0 Å². The summed E-state index contributed by atoms with van der Waals surface area (Å²) in [5, 5.41) is 12.3. The molecule has 0 bridgehead atoms. The number of amidine groups is 1. The predicted octanol–water partition coefficient (Wildman–Crippen LogP) is 2.61. The first-order chi connectivity index (χ1) is 17.1. The minimum atomic E-state index is -3.94. The largest absolute Gasteiger partial charge is 0.465 e. The fraction of sp³-hybridized carbons (Fsp3) is 0.409. The number of anilines is 1. The van der Waals surface area contributed by atoms with Crippen LogP contribution in [-0.2, 0) is 15.7 Å². The second kappa shape index (κ2) is 8.83. The summed E-state index contributed by atoms with van der Waals surface area (Å²) in [6.45, 7) is 3.13. The van der Waals surface area contributed by atoms with Gasteiger partial charge in [-0.25, -0.2) is 32.3 Å². The number of aromatic nitrogens is 2. The van der Waals surface area contributed by atoms with E-state index in [-0.39, 0.29) is 17.3 Å². The van der Waals surface area contributed by atoms with Crippen molar-refractivity contribution in [3.8, 4) is 0 Å². The summed E-state index contributed by atoms with van der Waals surface area (Å²) in [5.41, 5.74) is -2.73. The van der Waals surface area contributed by atoms with Crippen LogP contribution in [0.15, 0.2) is 35.5 Å². The molecule has 0 spiro atoms. The molecule has 1 saturated heterocycles. The maximum absolute atomic E-state index is 15.2. The summed E-state index contributed by atoms with van der Waals surface area (Å²) in [6.07, 6.45) is -1.65. The van der Waals surface area contributed by atoms with Crippen LogP contribution in [0.25, 0.3) is 0 Å². The fourth-order valence-electron chi connectivity index (χ4n) is 4.62. The number of nitrogens with one attached hydrogen (secondary N) is 3.